The Balaban J connectivity index is 1.91. The van der Waals surface area contributed by atoms with E-state index in [-0.39, 0.29) is 23.0 Å². The maximum Gasteiger partial charge on any atom is 0.246 e. The summed E-state index contributed by atoms with van der Waals surface area (Å²) in [5.74, 6) is -0.302. The molecule has 24 heavy (non-hydrogen) atoms. The summed E-state index contributed by atoms with van der Waals surface area (Å²) in [5.41, 5.74) is 1.19. The Morgan fingerprint density at radius 1 is 1.08 bits per heavy atom. The van der Waals surface area contributed by atoms with Crippen LogP contribution in [0.25, 0.3) is 0 Å². The number of anilines is 1. The highest BCUT2D eigenvalue weighted by molar-refractivity contribution is 7.80. The predicted molar refractivity (Wildman–Crippen MR) is 95.7 cm³/mol. The zero-order chi connectivity index (χ0) is 17.1. The number of rotatable bonds is 0. The number of fused-ring (bicyclic) bond motifs is 4. The summed E-state index contributed by atoms with van der Waals surface area (Å²) in [4.78, 5) is 31.8. The lowest BCUT2D eigenvalue weighted by Crippen LogP contribution is -2.72. The van der Waals surface area contributed by atoms with Crippen LogP contribution in [0.15, 0.2) is 24.3 Å². The molecule has 0 aromatic heterocycles. The molecular formula is C18H21N3O2S. The Labute approximate surface area is 147 Å². The zero-order valence-electron chi connectivity index (χ0n) is 14.0. The second-order valence-corrected chi connectivity index (χ2v) is 7.36. The van der Waals surface area contributed by atoms with Crippen LogP contribution in [-0.2, 0) is 16.0 Å². The number of piperidine rings is 1. The lowest BCUT2D eigenvalue weighted by Gasteiger charge is -2.55. The Morgan fingerprint density at radius 2 is 1.75 bits per heavy atom. The van der Waals surface area contributed by atoms with Gasteiger partial charge in [-0.2, -0.15) is 0 Å². The number of thiocarbonyl (C=S) groups is 1. The molecule has 1 aromatic rings. The first-order valence-corrected chi connectivity index (χ1v) is 8.84. The highest BCUT2D eigenvalue weighted by atomic mass is 32.1. The number of carbonyl (C=O) groups is 2. The van der Waals surface area contributed by atoms with Crippen molar-refractivity contribution in [1.82, 2.24) is 9.80 Å². The molecule has 4 rings (SSSR count). The van der Waals surface area contributed by atoms with Gasteiger partial charge >= 0.3 is 0 Å². The van der Waals surface area contributed by atoms with Gasteiger partial charge in [-0.25, -0.2) is 0 Å². The van der Waals surface area contributed by atoms with Gasteiger partial charge in [0.1, 0.15) is 0 Å². The van der Waals surface area contributed by atoms with Crippen molar-refractivity contribution >= 4 is 34.8 Å². The molecule has 1 atom stereocenters. The first kappa shape index (κ1) is 15.6. The first-order valence-electron chi connectivity index (χ1n) is 8.43. The van der Waals surface area contributed by atoms with Crippen LogP contribution in [0.3, 0.4) is 0 Å². The average molecular weight is 343 g/mol. The molecule has 6 heteroatoms. The van der Waals surface area contributed by atoms with E-state index in [0.29, 0.717) is 6.42 Å². The van der Waals surface area contributed by atoms with Gasteiger partial charge in [0, 0.05) is 26.3 Å². The second-order valence-electron chi connectivity index (χ2n) is 6.99. The van der Waals surface area contributed by atoms with E-state index in [1.54, 1.807) is 14.1 Å². The Bertz CT molecular complexity index is 724. The predicted octanol–water partition coefficient (Wildman–Crippen LogP) is 1.80. The molecule has 0 saturated carbocycles. The largest absolute Gasteiger partial charge is 0.367 e. The summed E-state index contributed by atoms with van der Waals surface area (Å²) in [6.45, 7) is 0.891. The third kappa shape index (κ3) is 1.83. The van der Waals surface area contributed by atoms with E-state index in [2.05, 4.69) is 11.0 Å². The van der Waals surface area contributed by atoms with Crippen LogP contribution >= 0.6 is 12.2 Å². The fourth-order valence-electron chi connectivity index (χ4n) is 4.62. The van der Waals surface area contributed by atoms with Gasteiger partial charge in [0.25, 0.3) is 0 Å². The minimum Gasteiger partial charge on any atom is -0.367 e. The molecule has 2 amide bonds. The van der Waals surface area contributed by atoms with Crippen LogP contribution in [0.5, 0.6) is 0 Å². The number of para-hydroxylation sites is 1. The molecule has 3 aliphatic rings. The monoisotopic (exact) mass is 343 g/mol. The first-order chi connectivity index (χ1) is 11.5. The smallest absolute Gasteiger partial charge is 0.246 e. The standard InChI is InChI=1S/C18H21N3O2S/c1-19-15(22)18(16(23)20(2)17(19)24)11-12-7-3-4-8-13(12)21-10-6-5-9-14(18)21/h3-4,7-8,14H,5-6,9-11H2,1-2H3/t14-/m0/s1. The van der Waals surface area contributed by atoms with Crippen molar-refractivity contribution < 1.29 is 9.59 Å². The van der Waals surface area contributed by atoms with Crippen LogP contribution in [-0.4, -0.2) is 53.4 Å². The third-order valence-electron chi connectivity index (χ3n) is 5.79. The highest BCUT2D eigenvalue weighted by Gasteiger charge is 2.62. The number of benzene rings is 1. The van der Waals surface area contributed by atoms with E-state index >= 15 is 0 Å². The van der Waals surface area contributed by atoms with Gasteiger partial charge in [0.2, 0.25) is 11.8 Å². The Hall–Kier alpha value is -1.95. The normalized spacial score (nSPS) is 25.8. The van der Waals surface area contributed by atoms with E-state index in [9.17, 15) is 9.59 Å². The van der Waals surface area contributed by atoms with Gasteiger partial charge in [0.15, 0.2) is 10.5 Å². The van der Waals surface area contributed by atoms with E-state index in [1.165, 1.54) is 15.5 Å². The van der Waals surface area contributed by atoms with Gasteiger partial charge in [-0.1, -0.05) is 18.2 Å². The molecule has 1 spiro atoms. The van der Waals surface area contributed by atoms with E-state index in [4.69, 9.17) is 12.2 Å². The molecular weight excluding hydrogens is 322 g/mol. The zero-order valence-corrected chi connectivity index (χ0v) is 14.8. The van der Waals surface area contributed by atoms with Crippen LogP contribution in [0.2, 0.25) is 0 Å². The number of hydrogen-bond acceptors (Lipinski definition) is 4. The molecule has 0 unspecified atom stereocenters. The second kappa shape index (κ2) is 5.28. The van der Waals surface area contributed by atoms with Crippen molar-refractivity contribution in [3.8, 4) is 0 Å². The highest BCUT2D eigenvalue weighted by Crippen LogP contribution is 2.48. The number of hydrogen-bond donors (Lipinski definition) is 0. The number of amides is 2. The van der Waals surface area contributed by atoms with E-state index in [1.807, 2.05) is 18.2 Å². The minimum atomic E-state index is -1.05. The van der Waals surface area contributed by atoms with Crippen LogP contribution in [0.1, 0.15) is 24.8 Å². The molecule has 0 radical (unpaired) electrons. The third-order valence-corrected chi connectivity index (χ3v) is 6.34. The number of nitrogens with zero attached hydrogens (tertiary/aromatic N) is 3. The lowest BCUT2D eigenvalue weighted by molar-refractivity contribution is -0.157. The van der Waals surface area contributed by atoms with Crippen molar-refractivity contribution in [1.29, 1.82) is 0 Å². The van der Waals surface area contributed by atoms with Gasteiger partial charge in [-0.3, -0.25) is 19.4 Å². The van der Waals surface area contributed by atoms with Crippen molar-refractivity contribution in [2.75, 3.05) is 25.5 Å². The molecule has 1 aromatic carbocycles. The minimum absolute atomic E-state index is 0.0888. The number of carbonyl (C=O) groups excluding carboxylic acids is 2. The van der Waals surface area contributed by atoms with Crippen LogP contribution in [0.4, 0.5) is 5.69 Å². The molecule has 2 fully saturated rings. The maximum absolute atomic E-state index is 13.3. The van der Waals surface area contributed by atoms with Gasteiger partial charge < -0.3 is 4.90 Å². The van der Waals surface area contributed by atoms with Gasteiger partial charge in [-0.05, 0) is 49.5 Å². The van der Waals surface area contributed by atoms with Crippen molar-refractivity contribution in [2.24, 2.45) is 5.41 Å². The lowest BCUT2D eigenvalue weighted by atomic mass is 9.66. The van der Waals surface area contributed by atoms with E-state index < -0.39 is 5.41 Å². The van der Waals surface area contributed by atoms with Crippen molar-refractivity contribution in [3.63, 3.8) is 0 Å². The molecule has 126 valence electrons. The Kier molecular flexibility index (Phi) is 3.42. The van der Waals surface area contributed by atoms with Crippen LogP contribution < -0.4 is 4.90 Å². The molecule has 0 N–H and O–H groups in total. The average Bonchev–Trinajstić information content (AvgIpc) is 2.63. The van der Waals surface area contributed by atoms with Crippen molar-refractivity contribution in [3.05, 3.63) is 29.8 Å². The molecule has 2 saturated heterocycles. The summed E-state index contributed by atoms with van der Waals surface area (Å²) >= 11 is 5.28. The molecule has 5 nitrogen and oxygen atoms in total. The summed E-state index contributed by atoms with van der Waals surface area (Å²) in [6.07, 6.45) is 3.45. The summed E-state index contributed by atoms with van der Waals surface area (Å²) in [7, 11) is 3.37. The molecule has 0 bridgehead atoms. The molecule has 0 aliphatic carbocycles. The van der Waals surface area contributed by atoms with Crippen molar-refractivity contribution in [2.45, 2.75) is 31.7 Å². The SMILES string of the molecule is CN1C(=O)C2(Cc3ccccc3N3CCCC[C@H]32)C(=O)N(C)C1=S. The fourth-order valence-corrected chi connectivity index (χ4v) is 4.78. The molecule has 3 heterocycles. The topological polar surface area (TPSA) is 43.9 Å². The van der Waals surface area contributed by atoms with Gasteiger partial charge in [-0.15, -0.1) is 0 Å². The summed E-state index contributed by atoms with van der Waals surface area (Å²) in [6, 6.07) is 8.06. The van der Waals surface area contributed by atoms with Crippen LogP contribution in [0, 0.1) is 5.41 Å². The quantitative estimate of drug-likeness (QED) is 0.532. The fraction of sp³-hybridized carbons (Fsp3) is 0.500. The summed E-state index contributed by atoms with van der Waals surface area (Å²) in [5, 5.41) is 0.289. The molecule has 3 aliphatic heterocycles. The van der Waals surface area contributed by atoms with E-state index in [0.717, 1.165) is 31.4 Å². The Morgan fingerprint density at radius 3 is 2.46 bits per heavy atom. The van der Waals surface area contributed by atoms with Gasteiger partial charge in [0.05, 0.1) is 6.04 Å². The summed E-state index contributed by atoms with van der Waals surface area (Å²) < 4.78 is 0. The maximum atomic E-state index is 13.3.